The van der Waals surface area contributed by atoms with Crippen LogP contribution >= 0.6 is 7.92 Å². The van der Waals surface area contributed by atoms with Gasteiger partial charge in [-0.1, -0.05) is 7.92 Å². The van der Waals surface area contributed by atoms with Crippen LogP contribution in [-0.2, 0) is 73.6 Å². The van der Waals surface area contributed by atoms with Gasteiger partial charge in [-0.15, -0.1) is 12.1 Å². The zero-order valence-electron chi connectivity index (χ0n) is 22.6. The van der Waals surface area contributed by atoms with Gasteiger partial charge in [0.25, 0.3) is 0 Å². The molecule has 6 aliphatic carbocycles. The van der Waals surface area contributed by atoms with Crippen molar-refractivity contribution in [3.05, 3.63) is 226 Å². The van der Waals surface area contributed by atoms with Gasteiger partial charge in [0.2, 0.25) is 0 Å². The molecule has 0 nitrogen and oxygen atoms in total. The van der Waals surface area contributed by atoms with Crippen LogP contribution in [0.2, 0.25) is 0 Å². The Morgan fingerprint density at radius 1 is 0.405 bits per heavy atom. The molecule has 6 saturated carbocycles. The van der Waals surface area contributed by atoms with Crippen molar-refractivity contribution in [2.24, 2.45) is 0 Å². The number of halogens is 1. The van der Waals surface area contributed by atoms with Crippen LogP contribution in [0.3, 0.4) is 0 Å². The van der Waals surface area contributed by atoms with E-state index in [1.165, 1.54) is 29.1 Å². The summed E-state index contributed by atoms with van der Waals surface area (Å²) in [5, 5.41) is 0. The van der Waals surface area contributed by atoms with Gasteiger partial charge in [-0.25, -0.2) is 4.39 Å². The first-order chi connectivity index (χ1) is 18.8. The van der Waals surface area contributed by atoms with E-state index in [0.29, 0.717) is 0 Å². The predicted octanol–water partition coefficient (Wildman–Crippen LogP) is 8.24. The Labute approximate surface area is 309 Å². The summed E-state index contributed by atoms with van der Waals surface area (Å²) >= 11 is 0. The van der Waals surface area contributed by atoms with Crippen LogP contribution < -0.4 is 0 Å². The van der Waals surface area contributed by atoms with Crippen molar-refractivity contribution in [3.63, 3.8) is 0 Å². The fraction of sp³-hybridized carbons (Fsp3) is 0. The van der Waals surface area contributed by atoms with Gasteiger partial charge < -0.3 is 0 Å². The molecule has 0 bridgehead atoms. The van der Waals surface area contributed by atoms with E-state index >= 15 is 0 Å². The van der Waals surface area contributed by atoms with E-state index in [1.54, 1.807) is 12.1 Å². The molecular weight excluding hydrogens is 847 g/mol. The van der Waals surface area contributed by atoms with Crippen LogP contribution in [-0.4, -0.2) is 0 Å². The van der Waals surface area contributed by atoms with Crippen molar-refractivity contribution in [2.45, 2.75) is 0 Å². The van der Waals surface area contributed by atoms with Crippen molar-refractivity contribution in [1.82, 2.24) is 0 Å². The van der Waals surface area contributed by atoms with Crippen molar-refractivity contribution in [2.75, 3.05) is 0 Å². The normalized spacial score (nSPS) is 21.4. The van der Waals surface area contributed by atoms with Gasteiger partial charge in [0, 0.05) is 74.0 Å². The molecule has 0 atom stereocenters. The van der Waals surface area contributed by atoms with Gasteiger partial charge in [-0.2, -0.15) is 18.2 Å². The van der Waals surface area contributed by atoms with Crippen LogP contribution in [0, 0.1) is 202 Å². The van der Waals surface area contributed by atoms with Crippen molar-refractivity contribution in [3.8, 4) is 0 Å². The largest absolute Gasteiger partial charge is 1.00 e. The van der Waals surface area contributed by atoms with Crippen molar-refractivity contribution < 1.29 is 78.0 Å². The van der Waals surface area contributed by atoms with Gasteiger partial charge in [-0.3, -0.25) is 0 Å². The minimum absolute atomic E-state index is 0. The Bertz CT molecular complexity index is 568. The maximum Gasteiger partial charge on any atom is 1.00 e. The first-order valence-corrected chi connectivity index (χ1v) is 13.8. The van der Waals surface area contributed by atoms with E-state index in [0.717, 1.165) is 0 Å². The van der Waals surface area contributed by atoms with Gasteiger partial charge in [-0.05, 0) is 173 Å². The van der Waals surface area contributed by atoms with E-state index < -0.39 is 0 Å². The van der Waals surface area contributed by atoms with E-state index in [-0.39, 0.29) is 87.3 Å². The Kier molecular flexibility index (Phi) is 34.5. The molecule has 0 aliphatic heterocycles. The van der Waals surface area contributed by atoms with E-state index in [2.05, 4.69) is 83.1 Å². The van der Waals surface area contributed by atoms with Crippen LogP contribution in [0.15, 0.2) is 24.3 Å². The van der Waals surface area contributed by atoms with E-state index in [9.17, 15) is 4.39 Å². The van der Waals surface area contributed by atoms with Crippen LogP contribution in [0.25, 0.3) is 0 Å². The van der Waals surface area contributed by atoms with Crippen molar-refractivity contribution in [1.29, 1.82) is 0 Å². The summed E-state index contributed by atoms with van der Waals surface area (Å²) < 4.78 is 11.9. The topological polar surface area (TPSA) is 0 Å². The van der Waals surface area contributed by atoms with Gasteiger partial charge in [0.15, 0.2) is 0 Å². The van der Waals surface area contributed by atoms with Gasteiger partial charge in [0.1, 0.15) is 0 Å². The van der Waals surface area contributed by atoms with Crippen LogP contribution in [0.5, 0.6) is 0 Å². The van der Waals surface area contributed by atoms with Crippen LogP contribution in [0.1, 0.15) is 0 Å². The zero-order chi connectivity index (χ0) is 26.5. The molecule has 0 spiro atoms. The molecule has 42 heavy (non-hydrogen) atoms. The molecule has 0 saturated heterocycles. The van der Waals surface area contributed by atoms with Crippen molar-refractivity contribution >= 4 is 7.92 Å². The minimum Gasteiger partial charge on any atom is -0.236 e. The standard InChI is InChI=1S/C15H12P.C6H4F.3C5H5.Au.3Fe/c1-2-8-13(7-1)16(14-9-3-4-10-14)15-11-5-6-12-15;7-6-4-2-1-3-5-6;3*1-2-4-5-3-1;;;;/h1-12H;1-4H;3*1-5H;;;;/q;-1;;;;+1;;;. The molecule has 0 amide bonds. The summed E-state index contributed by atoms with van der Waals surface area (Å²) in [6, 6.07) is 8.62. The molecule has 0 heterocycles. The number of hydrogen-bond acceptors (Lipinski definition) is 0. The Balaban J connectivity index is 0. The maximum absolute atomic E-state index is 11.9. The third-order valence-corrected chi connectivity index (χ3v) is 7.49. The molecule has 0 N–H and O–H groups in total. The summed E-state index contributed by atoms with van der Waals surface area (Å²) in [4.78, 5) is 0. The smallest absolute Gasteiger partial charge is 0.236 e. The molecule has 222 valence electrons. The molecule has 6 aliphatic rings. The maximum atomic E-state index is 11.9. The Hall–Kier alpha value is 1.88. The molecule has 7 rings (SSSR count). The average molecular weight is 878 g/mol. The molecule has 30 radical (unpaired) electrons. The van der Waals surface area contributed by atoms with E-state index in [1.807, 2.05) is 96.3 Å². The number of hydrogen-bond donors (Lipinski definition) is 0. The average Bonchev–Trinajstić information content (AvgIpc) is 3.81. The SMILES string of the molecule is Fc1[c-]cccc1.[Au+].[CH]1[CH][CH][CH][CH]1.[CH]1[CH][CH][CH][CH]1.[CH]1[CH][CH][CH][CH]1.[CH]1[CH][CH][C](P([C]2[CH][CH][CH][CH]2)[C]2[CH][CH][CH][CH]2)[CH]1.[Fe].[Fe].[Fe]. The second-order valence-electron chi connectivity index (χ2n) is 7.86. The monoisotopic (exact) mass is 878 g/mol. The molecule has 0 unspecified atom stereocenters. The summed E-state index contributed by atoms with van der Waals surface area (Å²) in [5.74, 6) is -0.303. The first kappa shape index (κ1) is 46.0. The Morgan fingerprint density at radius 2 is 0.667 bits per heavy atom. The quantitative estimate of drug-likeness (QED) is 0.163. The van der Waals surface area contributed by atoms with Gasteiger partial charge in [0.05, 0.1) is 0 Å². The summed E-state index contributed by atoms with van der Waals surface area (Å²) in [7, 11) is -0.335. The third-order valence-electron chi connectivity index (χ3n) is 5.05. The second kappa shape index (κ2) is 31.5. The number of benzene rings is 1. The molecule has 1 aromatic carbocycles. The fourth-order valence-electron chi connectivity index (χ4n) is 3.32. The first-order valence-electron chi connectivity index (χ1n) is 12.4. The molecule has 1 aromatic rings. The summed E-state index contributed by atoms with van der Waals surface area (Å²) in [6.45, 7) is 0. The third kappa shape index (κ3) is 20.9. The Morgan fingerprint density at radius 3 is 0.833 bits per heavy atom. The van der Waals surface area contributed by atoms with Crippen LogP contribution in [0.4, 0.5) is 4.39 Å². The summed E-state index contributed by atoms with van der Waals surface area (Å²) in [5.41, 5.74) is 4.31. The minimum atomic E-state index is -0.335. The molecular formula is C36H31AuFFe3P. The molecule has 6 fully saturated rings. The zero-order valence-corrected chi connectivity index (χ0v) is 29.0. The predicted molar refractivity (Wildman–Crippen MR) is 158 cm³/mol. The molecule has 6 heteroatoms. The second-order valence-corrected chi connectivity index (χ2v) is 10.1. The fourth-order valence-corrected chi connectivity index (χ4v) is 5.62. The number of rotatable bonds is 3. The van der Waals surface area contributed by atoms with Gasteiger partial charge >= 0.3 is 22.4 Å². The summed E-state index contributed by atoms with van der Waals surface area (Å²) in [6.07, 6.45) is 56.1. The van der Waals surface area contributed by atoms with E-state index in [4.69, 9.17) is 0 Å². The molecule has 0 aromatic heterocycles.